The van der Waals surface area contributed by atoms with Gasteiger partial charge in [-0.15, -0.1) is 5.10 Å². The lowest BCUT2D eigenvalue weighted by Crippen LogP contribution is -2.34. The van der Waals surface area contributed by atoms with Gasteiger partial charge in [-0.25, -0.2) is 4.68 Å². The average Bonchev–Trinajstić information content (AvgIpc) is 2.83. The molecule has 0 spiro atoms. The predicted molar refractivity (Wildman–Crippen MR) is 70.5 cm³/mol. The molecule has 98 valence electrons. The summed E-state index contributed by atoms with van der Waals surface area (Å²) in [6.07, 6.45) is 4.89. The Balaban J connectivity index is 1.68. The Morgan fingerprint density at radius 3 is 2.79 bits per heavy atom. The highest BCUT2D eigenvalue weighted by Gasteiger charge is 2.25. The zero-order valence-corrected chi connectivity index (χ0v) is 10.6. The van der Waals surface area contributed by atoms with E-state index >= 15 is 0 Å². The monoisotopic (exact) mass is 256 g/mol. The molecule has 0 atom stereocenters. The average molecular weight is 256 g/mol. The van der Waals surface area contributed by atoms with Crippen LogP contribution in [0.3, 0.4) is 0 Å². The van der Waals surface area contributed by atoms with Gasteiger partial charge in [0.15, 0.2) is 0 Å². The number of amides is 1. The van der Waals surface area contributed by atoms with Gasteiger partial charge in [0.2, 0.25) is 5.91 Å². The molecule has 1 aromatic heterocycles. The van der Waals surface area contributed by atoms with Crippen LogP contribution in [0.5, 0.6) is 0 Å². The number of hydrogen-bond donors (Lipinski definition) is 1. The highest BCUT2D eigenvalue weighted by molar-refractivity contribution is 5.79. The van der Waals surface area contributed by atoms with Crippen LogP contribution in [0, 0.1) is 5.92 Å². The van der Waals surface area contributed by atoms with Crippen LogP contribution >= 0.6 is 0 Å². The first-order valence-electron chi connectivity index (χ1n) is 6.57. The van der Waals surface area contributed by atoms with Gasteiger partial charge in [-0.3, -0.25) is 4.79 Å². The second-order valence-corrected chi connectivity index (χ2v) is 4.82. The minimum atomic E-state index is 0.145. The third kappa shape index (κ3) is 2.50. The largest absolute Gasteiger partial charge is 0.350 e. The fourth-order valence-electron chi connectivity index (χ4n) is 2.16. The molecule has 1 heterocycles. The number of aromatic nitrogens is 3. The van der Waals surface area contributed by atoms with Gasteiger partial charge in [-0.1, -0.05) is 29.8 Å². The molecule has 1 aliphatic rings. The van der Waals surface area contributed by atoms with Crippen molar-refractivity contribution in [1.82, 2.24) is 20.3 Å². The van der Waals surface area contributed by atoms with E-state index in [4.69, 9.17) is 0 Å². The molecule has 3 rings (SSSR count). The minimum Gasteiger partial charge on any atom is -0.350 e. The van der Waals surface area contributed by atoms with Crippen LogP contribution in [-0.2, 0) is 11.3 Å². The number of nitrogens with one attached hydrogen (secondary N) is 1. The molecule has 0 aliphatic heterocycles. The number of para-hydroxylation sites is 1. The number of rotatable bonds is 4. The Kier molecular flexibility index (Phi) is 3.27. The zero-order chi connectivity index (χ0) is 13.1. The van der Waals surface area contributed by atoms with Crippen molar-refractivity contribution in [3.63, 3.8) is 0 Å². The third-order valence-electron chi connectivity index (χ3n) is 3.54. The second kappa shape index (κ2) is 5.22. The summed E-state index contributed by atoms with van der Waals surface area (Å²) in [7, 11) is 0. The van der Waals surface area contributed by atoms with E-state index in [1.165, 1.54) is 6.42 Å². The fourth-order valence-corrected chi connectivity index (χ4v) is 2.16. The number of nitrogens with zero attached hydrogens (tertiary/aromatic N) is 3. The summed E-state index contributed by atoms with van der Waals surface area (Å²) in [6, 6.07) is 9.79. The molecular formula is C14H16N4O. The Hall–Kier alpha value is -2.17. The quantitative estimate of drug-likeness (QED) is 0.905. The van der Waals surface area contributed by atoms with E-state index in [1.54, 1.807) is 10.9 Å². The van der Waals surface area contributed by atoms with Gasteiger partial charge in [0, 0.05) is 5.92 Å². The maximum Gasteiger partial charge on any atom is 0.223 e. The standard InChI is InChI=1S/C14H16N4O/c19-14(11-5-4-6-11)15-9-13-10-16-17-18(13)12-7-2-1-3-8-12/h1-3,7-8,10-11H,4-6,9H2,(H,15,19). The van der Waals surface area contributed by atoms with Crippen molar-refractivity contribution >= 4 is 5.91 Å². The smallest absolute Gasteiger partial charge is 0.223 e. The molecule has 1 fully saturated rings. The van der Waals surface area contributed by atoms with Crippen molar-refractivity contribution in [1.29, 1.82) is 0 Å². The van der Waals surface area contributed by atoms with Gasteiger partial charge in [-0.2, -0.15) is 0 Å². The van der Waals surface area contributed by atoms with Crippen molar-refractivity contribution in [2.75, 3.05) is 0 Å². The van der Waals surface area contributed by atoms with Crippen LogP contribution < -0.4 is 5.32 Å². The zero-order valence-electron chi connectivity index (χ0n) is 10.6. The highest BCUT2D eigenvalue weighted by Crippen LogP contribution is 2.26. The summed E-state index contributed by atoms with van der Waals surface area (Å²) in [5.41, 5.74) is 1.84. The van der Waals surface area contributed by atoms with Crippen molar-refractivity contribution in [2.45, 2.75) is 25.8 Å². The molecule has 0 saturated heterocycles. The van der Waals surface area contributed by atoms with Gasteiger partial charge < -0.3 is 5.32 Å². The summed E-state index contributed by atoms with van der Waals surface area (Å²) in [5.74, 6) is 0.355. The first kappa shape index (κ1) is 11.9. The number of carbonyl (C=O) groups excluding carboxylic acids is 1. The Morgan fingerprint density at radius 1 is 1.32 bits per heavy atom. The lowest BCUT2D eigenvalue weighted by atomic mass is 9.85. The van der Waals surface area contributed by atoms with Crippen molar-refractivity contribution in [2.24, 2.45) is 5.92 Å². The summed E-state index contributed by atoms with van der Waals surface area (Å²) in [5, 5.41) is 10.9. The number of carbonyl (C=O) groups is 1. The van der Waals surface area contributed by atoms with Gasteiger partial charge in [0.25, 0.3) is 0 Å². The highest BCUT2D eigenvalue weighted by atomic mass is 16.1. The first-order valence-corrected chi connectivity index (χ1v) is 6.57. The van der Waals surface area contributed by atoms with E-state index in [-0.39, 0.29) is 11.8 Å². The van der Waals surface area contributed by atoms with Gasteiger partial charge >= 0.3 is 0 Å². The molecule has 5 nitrogen and oxygen atoms in total. The normalized spacial score (nSPS) is 14.9. The maximum absolute atomic E-state index is 11.8. The van der Waals surface area contributed by atoms with Crippen LogP contribution in [0.2, 0.25) is 0 Å². The van der Waals surface area contributed by atoms with Crippen molar-refractivity contribution in [3.05, 3.63) is 42.2 Å². The van der Waals surface area contributed by atoms with Crippen LogP contribution in [0.1, 0.15) is 25.0 Å². The molecule has 0 unspecified atom stereocenters. The Bertz CT molecular complexity index is 560. The van der Waals surface area contributed by atoms with E-state index in [0.717, 1.165) is 24.2 Å². The molecule has 1 saturated carbocycles. The van der Waals surface area contributed by atoms with E-state index in [2.05, 4.69) is 15.6 Å². The van der Waals surface area contributed by atoms with Gasteiger partial charge in [0.05, 0.1) is 24.1 Å². The van der Waals surface area contributed by atoms with Crippen molar-refractivity contribution < 1.29 is 4.79 Å². The lowest BCUT2D eigenvalue weighted by molar-refractivity contribution is -0.127. The molecule has 2 aromatic rings. The lowest BCUT2D eigenvalue weighted by Gasteiger charge is -2.23. The Labute approximate surface area is 111 Å². The maximum atomic E-state index is 11.8. The predicted octanol–water partition coefficient (Wildman–Crippen LogP) is 1.68. The van der Waals surface area contributed by atoms with E-state index in [9.17, 15) is 4.79 Å². The minimum absolute atomic E-state index is 0.145. The summed E-state index contributed by atoms with van der Waals surface area (Å²) in [6.45, 7) is 0.469. The first-order chi connectivity index (χ1) is 9.34. The summed E-state index contributed by atoms with van der Waals surface area (Å²) in [4.78, 5) is 11.8. The molecule has 0 radical (unpaired) electrons. The van der Waals surface area contributed by atoms with Gasteiger partial charge in [0.1, 0.15) is 0 Å². The van der Waals surface area contributed by atoms with Crippen LogP contribution in [0.25, 0.3) is 5.69 Å². The Morgan fingerprint density at radius 2 is 2.11 bits per heavy atom. The number of hydrogen-bond acceptors (Lipinski definition) is 3. The van der Waals surface area contributed by atoms with Crippen LogP contribution in [0.15, 0.2) is 36.5 Å². The summed E-state index contributed by atoms with van der Waals surface area (Å²) >= 11 is 0. The van der Waals surface area contributed by atoms with E-state index < -0.39 is 0 Å². The molecular weight excluding hydrogens is 240 g/mol. The molecule has 5 heteroatoms. The van der Waals surface area contributed by atoms with Crippen molar-refractivity contribution in [3.8, 4) is 5.69 Å². The molecule has 1 amide bonds. The molecule has 1 N–H and O–H groups in total. The molecule has 19 heavy (non-hydrogen) atoms. The fraction of sp³-hybridized carbons (Fsp3) is 0.357. The molecule has 1 aromatic carbocycles. The SMILES string of the molecule is O=C(NCc1cnnn1-c1ccccc1)C1CCC1. The van der Waals surface area contributed by atoms with Crippen LogP contribution in [-0.4, -0.2) is 20.9 Å². The molecule has 0 bridgehead atoms. The van der Waals surface area contributed by atoms with Gasteiger partial charge in [-0.05, 0) is 25.0 Å². The topological polar surface area (TPSA) is 59.8 Å². The van der Waals surface area contributed by atoms with E-state index in [1.807, 2.05) is 30.3 Å². The van der Waals surface area contributed by atoms with Crippen LogP contribution in [0.4, 0.5) is 0 Å². The second-order valence-electron chi connectivity index (χ2n) is 4.82. The van der Waals surface area contributed by atoms with E-state index in [0.29, 0.717) is 6.54 Å². The third-order valence-corrected chi connectivity index (χ3v) is 3.54. The summed E-state index contributed by atoms with van der Waals surface area (Å²) < 4.78 is 1.75. The number of benzene rings is 1. The molecule has 1 aliphatic carbocycles.